The second-order valence-corrected chi connectivity index (χ2v) is 6.07. The summed E-state index contributed by atoms with van der Waals surface area (Å²) in [4.78, 5) is 21.7. The van der Waals surface area contributed by atoms with Crippen LogP contribution in [0.2, 0.25) is 0 Å². The number of rotatable bonds is 4. The first-order valence-electron chi connectivity index (χ1n) is 6.57. The molecular formula is C13H18N4O4S. The molecule has 2 heterocycles. The van der Waals surface area contributed by atoms with E-state index in [0.717, 1.165) is 10.8 Å². The zero-order valence-corrected chi connectivity index (χ0v) is 13.8. The van der Waals surface area contributed by atoms with E-state index >= 15 is 0 Å². The van der Waals surface area contributed by atoms with Crippen LogP contribution in [0.3, 0.4) is 0 Å². The molecule has 1 aromatic rings. The van der Waals surface area contributed by atoms with Gasteiger partial charge in [-0.05, 0) is 20.8 Å². The molecule has 0 spiro atoms. The summed E-state index contributed by atoms with van der Waals surface area (Å²) in [6.45, 7) is 5.05. The maximum atomic E-state index is 12.2. The van der Waals surface area contributed by atoms with Gasteiger partial charge in [-0.15, -0.1) is 21.6 Å². The van der Waals surface area contributed by atoms with E-state index in [1.165, 1.54) is 18.4 Å². The predicted octanol–water partition coefficient (Wildman–Crippen LogP) is 2.89. The Kier molecular flexibility index (Phi) is 4.59. The van der Waals surface area contributed by atoms with Crippen LogP contribution in [-0.2, 0) is 14.4 Å². The van der Waals surface area contributed by atoms with Gasteiger partial charge in [-0.2, -0.15) is 0 Å². The molecule has 0 aliphatic carbocycles. The molecule has 0 bridgehead atoms. The van der Waals surface area contributed by atoms with Crippen molar-refractivity contribution in [3.8, 4) is 0 Å². The van der Waals surface area contributed by atoms with Gasteiger partial charge in [0.05, 0.1) is 11.8 Å². The summed E-state index contributed by atoms with van der Waals surface area (Å²) >= 11 is 1.27. The Balaban J connectivity index is 2.26. The number of aromatic nitrogens is 1. The zero-order chi connectivity index (χ0) is 16.5. The second kappa shape index (κ2) is 6.11. The molecule has 0 aromatic carbocycles. The molecule has 1 aromatic heterocycles. The van der Waals surface area contributed by atoms with Crippen LogP contribution < -0.4 is 0 Å². The molecule has 1 unspecified atom stereocenters. The molecule has 8 nitrogen and oxygen atoms in total. The third-order valence-electron chi connectivity index (χ3n) is 3.15. The average Bonchev–Trinajstić information content (AvgIpc) is 2.93. The van der Waals surface area contributed by atoms with Crippen molar-refractivity contribution >= 4 is 22.3 Å². The molecule has 120 valence electrons. The van der Waals surface area contributed by atoms with Crippen LogP contribution in [-0.4, -0.2) is 40.7 Å². The molecule has 0 saturated heterocycles. The van der Waals surface area contributed by atoms with Crippen molar-refractivity contribution in [1.82, 2.24) is 10.0 Å². The lowest BCUT2D eigenvalue weighted by atomic mass is 10.0. The molecule has 9 heteroatoms. The summed E-state index contributed by atoms with van der Waals surface area (Å²) in [6.07, 6.45) is -0.150. The highest BCUT2D eigenvalue weighted by atomic mass is 32.1. The van der Waals surface area contributed by atoms with Crippen molar-refractivity contribution in [3.63, 3.8) is 0 Å². The highest BCUT2D eigenvalue weighted by Gasteiger charge is 2.41. The minimum Gasteiger partial charge on any atom is -0.492 e. The van der Waals surface area contributed by atoms with Crippen molar-refractivity contribution < 1.29 is 19.5 Å². The van der Waals surface area contributed by atoms with Gasteiger partial charge in [-0.1, -0.05) is 0 Å². The van der Waals surface area contributed by atoms with Crippen molar-refractivity contribution in [2.75, 3.05) is 14.2 Å². The molecule has 22 heavy (non-hydrogen) atoms. The number of thiazole rings is 1. The van der Waals surface area contributed by atoms with Crippen LogP contribution >= 0.6 is 11.3 Å². The van der Waals surface area contributed by atoms with Gasteiger partial charge in [-0.25, -0.2) is 10.0 Å². The van der Waals surface area contributed by atoms with Gasteiger partial charge in [0.2, 0.25) is 16.8 Å². The number of carbonyl (C=O) groups is 1. The molecule has 1 N–H and O–H groups in total. The average molecular weight is 326 g/mol. The van der Waals surface area contributed by atoms with Crippen LogP contribution in [0.5, 0.6) is 0 Å². The zero-order valence-electron chi connectivity index (χ0n) is 13.0. The molecule has 2 rings (SSSR count). The van der Waals surface area contributed by atoms with Gasteiger partial charge in [0, 0.05) is 19.5 Å². The van der Waals surface area contributed by atoms with E-state index in [2.05, 4.69) is 15.2 Å². The molecule has 1 aliphatic heterocycles. The number of Topliss-reactive ketones (excluding diaryl/α,β-unsaturated/α-hetero) is 1. The monoisotopic (exact) mass is 326 g/mol. The summed E-state index contributed by atoms with van der Waals surface area (Å²) in [7, 11) is 3.08. The first-order valence-corrected chi connectivity index (χ1v) is 7.45. The molecule has 0 saturated carbocycles. The normalized spacial score (nSPS) is 20.0. The third kappa shape index (κ3) is 3.16. The quantitative estimate of drug-likeness (QED) is 0.855. The number of ether oxygens (including phenoxy) is 1. The number of hydrogen-bond acceptors (Lipinski definition) is 9. The highest BCUT2D eigenvalue weighted by molar-refractivity contribution is 7.13. The predicted molar refractivity (Wildman–Crippen MR) is 79.6 cm³/mol. The third-order valence-corrected chi connectivity index (χ3v) is 3.90. The van der Waals surface area contributed by atoms with Gasteiger partial charge >= 0.3 is 0 Å². The Bertz CT molecular complexity index is 638. The number of nitrogens with zero attached hydrogens (tertiary/aromatic N) is 4. The number of methoxy groups -OCH3 is 1. The summed E-state index contributed by atoms with van der Waals surface area (Å²) in [5, 5.41) is 21.0. The van der Waals surface area contributed by atoms with Crippen LogP contribution in [0, 0.1) is 0 Å². The number of hydrogen-bond donors (Lipinski definition) is 1. The van der Waals surface area contributed by atoms with Crippen LogP contribution in [0.15, 0.2) is 27.2 Å². The molecule has 1 aliphatic rings. The standard InChI is InChI=1S/C13H18N4O4S/c1-7(20-5)8-6-22-12(14-8)16-15-9-10(18)13(2,3)21-17(4)11(9)19/h6-7,19H,1-5H3. The van der Waals surface area contributed by atoms with Crippen molar-refractivity contribution in [2.24, 2.45) is 10.2 Å². The maximum absolute atomic E-state index is 12.2. The molecule has 0 amide bonds. The number of hydroxylamine groups is 2. The van der Waals surface area contributed by atoms with Crippen molar-refractivity contribution in [1.29, 1.82) is 0 Å². The smallest absolute Gasteiger partial charge is 0.243 e. The number of azo groups is 1. The lowest BCUT2D eigenvalue weighted by Gasteiger charge is -2.33. The fourth-order valence-electron chi connectivity index (χ4n) is 1.78. The fraction of sp³-hybridized carbons (Fsp3) is 0.538. The Morgan fingerprint density at radius 3 is 2.82 bits per heavy atom. The van der Waals surface area contributed by atoms with E-state index in [1.807, 2.05) is 6.92 Å². The second-order valence-electron chi connectivity index (χ2n) is 5.23. The first kappa shape index (κ1) is 16.5. The van der Waals surface area contributed by atoms with Gasteiger partial charge in [0.1, 0.15) is 0 Å². The number of aliphatic hydroxyl groups is 1. The fourth-order valence-corrected chi connectivity index (χ4v) is 2.49. The van der Waals surface area contributed by atoms with E-state index in [0.29, 0.717) is 5.13 Å². The minimum atomic E-state index is -1.12. The van der Waals surface area contributed by atoms with Gasteiger partial charge in [0.25, 0.3) is 0 Å². The van der Waals surface area contributed by atoms with Crippen molar-refractivity contribution in [2.45, 2.75) is 32.5 Å². The Morgan fingerprint density at radius 1 is 1.50 bits per heavy atom. The summed E-state index contributed by atoms with van der Waals surface area (Å²) < 4.78 is 5.16. The SMILES string of the molecule is COC(C)c1csc(N=NC2=C(O)N(C)OC(C)(C)C2=O)n1. The van der Waals surface area contributed by atoms with Crippen molar-refractivity contribution in [3.05, 3.63) is 22.7 Å². The Morgan fingerprint density at radius 2 is 2.18 bits per heavy atom. The topological polar surface area (TPSA) is 96.6 Å². The van der Waals surface area contributed by atoms with E-state index in [9.17, 15) is 9.90 Å². The number of aliphatic hydroxyl groups excluding tert-OH is 1. The van der Waals surface area contributed by atoms with Crippen LogP contribution in [0.4, 0.5) is 5.13 Å². The molecular weight excluding hydrogens is 308 g/mol. The lowest BCUT2D eigenvalue weighted by molar-refractivity contribution is -0.223. The summed E-state index contributed by atoms with van der Waals surface area (Å²) in [6, 6.07) is 0. The molecule has 1 atom stereocenters. The minimum absolute atomic E-state index is 0.150. The molecule has 0 fully saturated rings. The van der Waals surface area contributed by atoms with Gasteiger partial charge in [-0.3, -0.25) is 9.63 Å². The summed E-state index contributed by atoms with van der Waals surface area (Å²) in [5.74, 6) is -0.830. The summed E-state index contributed by atoms with van der Waals surface area (Å²) in [5.41, 5.74) is -0.542. The molecule has 0 radical (unpaired) electrons. The maximum Gasteiger partial charge on any atom is 0.243 e. The largest absolute Gasteiger partial charge is 0.492 e. The van der Waals surface area contributed by atoms with Crippen LogP contribution in [0.1, 0.15) is 32.6 Å². The van der Waals surface area contributed by atoms with E-state index in [-0.39, 0.29) is 17.7 Å². The Labute approximate surface area is 132 Å². The van der Waals surface area contributed by atoms with E-state index < -0.39 is 11.4 Å². The van der Waals surface area contributed by atoms with Crippen LogP contribution in [0.25, 0.3) is 0 Å². The first-order chi connectivity index (χ1) is 10.3. The van der Waals surface area contributed by atoms with Gasteiger partial charge in [0.15, 0.2) is 11.3 Å². The number of carbonyl (C=O) groups excluding carboxylic acids is 1. The van der Waals surface area contributed by atoms with E-state index in [4.69, 9.17) is 9.57 Å². The Hall–Kier alpha value is -1.84. The van der Waals surface area contributed by atoms with E-state index in [1.54, 1.807) is 26.3 Å². The lowest BCUT2D eigenvalue weighted by Crippen LogP contribution is -2.46. The highest BCUT2D eigenvalue weighted by Crippen LogP contribution is 2.30. The number of ketones is 1. The van der Waals surface area contributed by atoms with Gasteiger partial charge < -0.3 is 9.84 Å².